The Balaban J connectivity index is 1.56. The van der Waals surface area contributed by atoms with Gasteiger partial charge in [0.05, 0.1) is 29.8 Å². The zero-order chi connectivity index (χ0) is 25.8. The van der Waals surface area contributed by atoms with Crippen molar-refractivity contribution in [2.24, 2.45) is 5.92 Å². The second kappa shape index (κ2) is 11.3. The summed E-state index contributed by atoms with van der Waals surface area (Å²) in [5, 5.41) is 5.72. The lowest BCUT2D eigenvalue weighted by atomic mass is 9.97. The SMILES string of the molecule is COc1cc(OC)c(NC(=O)[C@@H](C)NC(=O)C2CCN(S(=O)(=O)c3ccc(C)cc3)CC2)cc1Cl. The Morgan fingerprint density at radius 3 is 2.23 bits per heavy atom. The molecule has 1 aliphatic heterocycles. The second-order valence-electron chi connectivity index (χ2n) is 8.40. The molecule has 190 valence electrons. The Bertz CT molecular complexity index is 1180. The van der Waals surface area contributed by atoms with E-state index in [9.17, 15) is 18.0 Å². The first-order valence-electron chi connectivity index (χ1n) is 11.2. The lowest BCUT2D eigenvalue weighted by Crippen LogP contribution is -2.47. The van der Waals surface area contributed by atoms with Crippen molar-refractivity contribution >= 4 is 39.1 Å². The summed E-state index contributed by atoms with van der Waals surface area (Å²) < 4.78 is 37.6. The Labute approximate surface area is 210 Å². The first-order chi connectivity index (χ1) is 16.6. The van der Waals surface area contributed by atoms with Gasteiger partial charge in [0.25, 0.3) is 0 Å². The van der Waals surface area contributed by atoms with E-state index in [-0.39, 0.29) is 29.8 Å². The molecule has 2 aromatic carbocycles. The fourth-order valence-corrected chi connectivity index (χ4v) is 5.52. The zero-order valence-corrected chi connectivity index (χ0v) is 21.7. The molecule has 0 aromatic heterocycles. The highest BCUT2D eigenvalue weighted by Crippen LogP contribution is 2.36. The van der Waals surface area contributed by atoms with E-state index < -0.39 is 22.0 Å². The monoisotopic (exact) mass is 523 g/mol. The van der Waals surface area contributed by atoms with Crippen LogP contribution in [-0.4, -0.2) is 57.9 Å². The van der Waals surface area contributed by atoms with Crippen LogP contribution < -0.4 is 20.1 Å². The highest BCUT2D eigenvalue weighted by molar-refractivity contribution is 7.89. The minimum absolute atomic E-state index is 0.233. The predicted molar refractivity (Wildman–Crippen MR) is 133 cm³/mol. The number of aryl methyl sites for hydroxylation is 1. The van der Waals surface area contributed by atoms with Gasteiger partial charge in [0.1, 0.15) is 17.5 Å². The number of carbonyl (C=O) groups is 2. The van der Waals surface area contributed by atoms with Gasteiger partial charge in [0.15, 0.2) is 0 Å². The van der Waals surface area contributed by atoms with Crippen molar-refractivity contribution in [2.75, 3.05) is 32.6 Å². The molecule has 35 heavy (non-hydrogen) atoms. The van der Waals surface area contributed by atoms with Crippen molar-refractivity contribution in [3.8, 4) is 11.5 Å². The average Bonchev–Trinajstić information content (AvgIpc) is 2.84. The number of hydrogen-bond acceptors (Lipinski definition) is 6. The number of amides is 2. The lowest BCUT2D eigenvalue weighted by molar-refractivity contribution is -0.129. The van der Waals surface area contributed by atoms with Crippen LogP contribution in [0.1, 0.15) is 25.3 Å². The number of methoxy groups -OCH3 is 2. The summed E-state index contributed by atoms with van der Waals surface area (Å²) in [4.78, 5) is 25.7. The van der Waals surface area contributed by atoms with E-state index in [0.29, 0.717) is 35.1 Å². The van der Waals surface area contributed by atoms with Crippen molar-refractivity contribution in [3.05, 3.63) is 47.0 Å². The van der Waals surface area contributed by atoms with Gasteiger partial charge in [-0.25, -0.2) is 8.42 Å². The molecule has 0 aliphatic carbocycles. The van der Waals surface area contributed by atoms with Gasteiger partial charge in [-0.1, -0.05) is 29.3 Å². The molecule has 2 N–H and O–H groups in total. The summed E-state index contributed by atoms with van der Waals surface area (Å²) >= 11 is 6.15. The molecule has 0 spiro atoms. The van der Waals surface area contributed by atoms with Gasteiger partial charge in [-0.3, -0.25) is 9.59 Å². The molecule has 1 aliphatic rings. The third-order valence-electron chi connectivity index (χ3n) is 5.97. The first kappa shape index (κ1) is 26.8. The smallest absolute Gasteiger partial charge is 0.246 e. The van der Waals surface area contributed by atoms with Gasteiger partial charge in [-0.05, 0) is 44.9 Å². The molecule has 1 heterocycles. The molecule has 0 saturated carbocycles. The molecule has 3 rings (SSSR count). The van der Waals surface area contributed by atoms with Crippen LogP contribution in [-0.2, 0) is 19.6 Å². The van der Waals surface area contributed by atoms with E-state index in [0.717, 1.165) is 5.56 Å². The van der Waals surface area contributed by atoms with Crippen LogP contribution in [0.15, 0.2) is 41.3 Å². The molecular formula is C24H30ClN3O6S. The van der Waals surface area contributed by atoms with Crippen molar-refractivity contribution in [3.63, 3.8) is 0 Å². The predicted octanol–water partition coefficient (Wildman–Crippen LogP) is 3.21. The quantitative estimate of drug-likeness (QED) is 0.549. The number of sulfonamides is 1. The number of piperidine rings is 1. The van der Waals surface area contributed by atoms with Crippen LogP contribution >= 0.6 is 11.6 Å². The summed E-state index contributed by atoms with van der Waals surface area (Å²) in [6.45, 7) is 3.93. The molecule has 1 atom stereocenters. The topological polar surface area (TPSA) is 114 Å². The highest BCUT2D eigenvalue weighted by atomic mass is 35.5. The van der Waals surface area contributed by atoms with E-state index in [4.69, 9.17) is 21.1 Å². The Morgan fingerprint density at radius 2 is 1.66 bits per heavy atom. The minimum atomic E-state index is -3.61. The second-order valence-corrected chi connectivity index (χ2v) is 10.7. The largest absolute Gasteiger partial charge is 0.495 e. The third kappa shape index (κ3) is 6.25. The van der Waals surface area contributed by atoms with Crippen LogP contribution in [0.2, 0.25) is 5.02 Å². The maximum Gasteiger partial charge on any atom is 0.246 e. The van der Waals surface area contributed by atoms with Gasteiger partial charge in [0, 0.05) is 25.1 Å². The molecule has 0 bridgehead atoms. The van der Waals surface area contributed by atoms with Crippen molar-refractivity contribution in [1.82, 2.24) is 9.62 Å². The molecule has 2 aromatic rings. The highest BCUT2D eigenvalue weighted by Gasteiger charge is 2.33. The standard InChI is InChI=1S/C24H30ClN3O6S/c1-15-5-7-18(8-6-15)35(31,32)28-11-9-17(10-12-28)24(30)26-16(2)23(29)27-20-13-19(25)21(33-3)14-22(20)34-4/h5-8,13-14,16-17H,9-12H2,1-4H3,(H,26,30)(H,27,29)/t16-/m1/s1. The van der Waals surface area contributed by atoms with Crippen molar-refractivity contribution in [1.29, 1.82) is 0 Å². The van der Waals surface area contributed by atoms with Crippen LogP contribution in [0.5, 0.6) is 11.5 Å². The van der Waals surface area contributed by atoms with Crippen LogP contribution in [0.25, 0.3) is 0 Å². The normalized spacial score (nSPS) is 15.8. The fourth-order valence-electron chi connectivity index (χ4n) is 3.81. The van der Waals surface area contributed by atoms with Crippen LogP contribution in [0.3, 0.4) is 0 Å². The number of nitrogens with zero attached hydrogens (tertiary/aromatic N) is 1. The van der Waals surface area contributed by atoms with Gasteiger partial charge >= 0.3 is 0 Å². The molecule has 1 saturated heterocycles. The number of ether oxygens (including phenoxy) is 2. The summed E-state index contributed by atoms with van der Waals surface area (Å²) in [7, 11) is -0.684. The summed E-state index contributed by atoms with van der Waals surface area (Å²) in [6, 6.07) is 8.94. The van der Waals surface area contributed by atoms with Crippen molar-refractivity contribution < 1.29 is 27.5 Å². The zero-order valence-electron chi connectivity index (χ0n) is 20.1. The Kier molecular flexibility index (Phi) is 8.63. The van der Waals surface area contributed by atoms with Crippen LogP contribution in [0.4, 0.5) is 5.69 Å². The molecular weight excluding hydrogens is 494 g/mol. The summed E-state index contributed by atoms with van der Waals surface area (Å²) in [6.07, 6.45) is 0.736. The minimum Gasteiger partial charge on any atom is -0.495 e. The van der Waals surface area contributed by atoms with E-state index in [1.165, 1.54) is 24.6 Å². The third-order valence-corrected chi connectivity index (χ3v) is 8.18. The molecule has 1 fully saturated rings. The average molecular weight is 524 g/mol. The molecule has 0 unspecified atom stereocenters. The maximum atomic E-state index is 12.9. The number of anilines is 1. The number of nitrogens with one attached hydrogen (secondary N) is 2. The number of benzene rings is 2. The molecule has 2 amide bonds. The van der Waals surface area contributed by atoms with Gasteiger partial charge < -0.3 is 20.1 Å². The summed E-state index contributed by atoms with van der Waals surface area (Å²) in [5.41, 5.74) is 1.32. The van der Waals surface area contributed by atoms with Crippen LogP contribution in [0, 0.1) is 12.8 Å². The Hall–Kier alpha value is -2.82. The van der Waals surface area contributed by atoms with E-state index in [1.54, 1.807) is 37.3 Å². The molecule has 9 nitrogen and oxygen atoms in total. The Morgan fingerprint density at radius 1 is 1.06 bits per heavy atom. The lowest BCUT2D eigenvalue weighted by Gasteiger charge is -2.31. The first-order valence-corrected chi connectivity index (χ1v) is 13.0. The van der Waals surface area contributed by atoms with Gasteiger partial charge in [-0.2, -0.15) is 4.31 Å². The fraction of sp³-hybridized carbons (Fsp3) is 0.417. The maximum absolute atomic E-state index is 12.9. The van der Waals surface area contributed by atoms with Gasteiger partial charge in [-0.15, -0.1) is 0 Å². The van der Waals surface area contributed by atoms with E-state index in [1.807, 2.05) is 6.92 Å². The number of hydrogen-bond donors (Lipinski definition) is 2. The van der Waals surface area contributed by atoms with E-state index in [2.05, 4.69) is 10.6 Å². The number of halogens is 1. The van der Waals surface area contributed by atoms with Gasteiger partial charge in [0.2, 0.25) is 21.8 Å². The molecule has 11 heteroatoms. The summed E-state index contributed by atoms with van der Waals surface area (Å²) in [5.74, 6) is -0.365. The number of carbonyl (C=O) groups excluding carboxylic acids is 2. The molecule has 0 radical (unpaired) electrons. The van der Waals surface area contributed by atoms with Crippen molar-refractivity contribution in [2.45, 2.75) is 37.6 Å². The van der Waals surface area contributed by atoms with E-state index >= 15 is 0 Å². The number of rotatable bonds is 8.